The largest absolute Gasteiger partial charge is 0.496 e. The van der Waals surface area contributed by atoms with Crippen molar-refractivity contribution in [1.82, 2.24) is 4.90 Å². The standard InChI is InChI=1S/C13H22N2O2/c1-10(16)8-15(2)9-11-4-5-12(7-14)13(6-11)17-3/h4-6,10,16H,7-9,14H2,1-3H3. The van der Waals surface area contributed by atoms with E-state index in [4.69, 9.17) is 10.5 Å². The van der Waals surface area contributed by atoms with E-state index in [1.54, 1.807) is 14.0 Å². The van der Waals surface area contributed by atoms with Gasteiger partial charge in [-0.15, -0.1) is 0 Å². The molecular weight excluding hydrogens is 216 g/mol. The first kappa shape index (κ1) is 14.0. The quantitative estimate of drug-likeness (QED) is 0.775. The van der Waals surface area contributed by atoms with Crippen molar-refractivity contribution in [2.75, 3.05) is 20.7 Å². The van der Waals surface area contributed by atoms with Crippen molar-refractivity contribution in [1.29, 1.82) is 0 Å². The Hall–Kier alpha value is -1.10. The molecule has 1 aromatic carbocycles. The second-order valence-corrected chi connectivity index (χ2v) is 4.40. The monoisotopic (exact) mass is 238 g/mol. The fourth-order valence-corrected chi connectivity index (χ4v) is 1.88. The molecule has 1 unspecified atom stereocenters. The first-order valence-electron chi connectivity index (χ1n) is 5.79. The lowest BCUT2D eigenvalue weighted by atomic mass is 10.1. The van der Waals surface area contributed by atoms with E-state index in [1.807, 2.05) is 25.2 Å². The molecule has 0 fully saturated rings. The van der Waals surface area contributed by atoms with Crippen LogP contribution in [0.15, 0.2) is 18.2 Å². The third-order valence-electron chi connectivity index (χ3n) is 2.60. The Morgan fingerprint density at radius 2 is 2.18 bits per heavy atom. The summed E-state index contributed by atoms with van der Waals surface area (Å²) >= 11 is 0. The summed E-state index contributed by atoms with van der Waals surface area (Å²) in [5.74, 6) is 0.829. The number of likely N-dealkylation sites (N-methyl/N-ethyl adjacent to an activating group) is 1. The topological polar surface area (TPSA) is 58.7 Å². The van der Waals surface area contributed by atoms with E-state index in [0.717, 1.165) is 23.4 Å². The number of nitrogens with zero attached hydrogens (tertiary/aromatic N) is 1. The molecule has 96 valence electrons. The number of nitrogens with two attached hydrogens (primary N) is 1. The highest BCUT2D eigenvalue weighted by molar-refractivity contribution is 5.37. The highest BCUT2D eigenvalue weighted by atomic mass is 16.5. The van der Waals surface area contributed by atoms with Crippen LogP contribution in [0, 0.1) is 0 Å². The van der Waals surface area contributed by atoms with Crippen molar-refractivity contribution in [3.05, 3.63) is 29.3 Å². The lowest BCUT2D eigenvalue weighted by Gasteiger charge is -2.19. The van der Waals surface area contributed by atoms with Gasteiger partial charge in [0.25, 0.3) is 0 Å². The van der Waals surface area contributed by atoms with Gasteiger partial charge in [0, 0.05) is 25.2 Å². The van der Waals surface area contributed by atoms with E-state index in [-0.39, 0.29) is 6.10 Å². The smallest absolute Gasteiger partial charge is 0.123 e. The Kier molecular flexibility index (Phi) is 5.41. The molecule has 1 rings (SSSR count). The van der Waals surface area contributed by atoms with Crippen molar-refractivity contribution in [3.8, 4) is 5.75 Å². The SMILES string of the molecule is COc1cc(CN(C)CC(C)O)ccc1CN. The third-order valence-corrected chi connectivity index (χ3v) is 2.60. The molecule has 3 N–H and O–H groups in total. The van der Waals surface area contributed by atoms with Gasteiger partial charge in [0.2, 0.25) is 0 Å². The maximum absolute atomic E-state index is 9.30. The number of aliphatic hydroxyl groups excluding tert-OH is 1. The van der Waals surface area contributed by atoms with E-state index in [0.29, 0.717) is 13.1 Å². The predicted octanol–water partition coefficient (Wildman–Crippen LogP) is 0.966. The van der Waals surface area contributed by atoms with Crippen LogP contribution in [0.25, 0.3) is 0 Å². The summed E-state index contributed by atoms with van der Waals surface area (Å²) in [5.41, 5.74) is 7.78. The fraction of sp³-hybridized carbons (Fsp3) is 0.538. The normalized spacial score (nSPS) is 12.8. The van der Waals surface area contributed by atoms with Crippen molar-refractivity contribution in [3.63, 3.8) is 0 Å². The van der Waals surface area contributed by atoms with Gasteiger partial charge in [-0.05, 0) is 25.6 Å². The van der Waals surface area contributed by atoms with Gasteiger partial charge in [0.1, 0.15) is 5.75 Å². The zero-order chi connectivity index (χ0) is 12.8. The molecule has 0 aliphatic heterocycles. The average Bonchev–Trinajstić information content (AvgIpc) is 2.27. The molecule has 0 aromatic heterocycles. The summed E-state index contributed by atoms with van der Waals surface area (Å²) in [4.78, 5) is 2.07. The Balaban J connectivity index is 2.72. The first-order chi connectivity index (χ1) is 8.06. The van der Waals surface area contributed by atoms with Gasteiger partial charge < -0.3 is 15.6 Å². The number of ether oxygens (including phenoxy) is 1. The average molecular weight is 238 g/mol. The van der Waals surface area contributed by atoms with Gasteiger partial charge in [-0.3, -0.25) is 4.90 Å². The Morgan fingerprint density at radius 3 is 2.71 bits per heavy atom. The molecule has 0 saturated carbocycles. The maximum atomic E-state index is 9.30. The van der Waals surface area contributed by atoms with E-state index in [2.05, 4.69) is 4.90 Å². The van der Waals surface area contributed by atoms with Crippen LogP contribution in [-0.2, 0) is 13.1 Å². The number of methoxy groups -OCH3 is 1. The molecule has 1 atom stereocenters. The molecule has 4 heteroatoms. The molecule has 1 aromatic rings. The number of hydrogen-bond donors (Lipinski definition) is 2. The molecular formula is C13H22N2O2. The molecule has 0 heterocycles. The molecule has 0 saturated heterocycles. The summed E-state index contributed by atoms with van der Waals surface area (Å²) in [5, 5.41) is 9.30. The van der Waals surface area contributed by atoms with Crippen LogP contribution in [0.4, 0.5) is 0 Å². The van der Waals surface area contributed by atoms with Crippen LogP contribution in [0.3, 0.4) is 0 Å². The molecule has 0 radical (unpaired) electrons. The lowest BCUT2D eigenvalue weighted by molar-refractivity contribution is 0.138. The minimum atomic E-state index is -0.315. The first-order valence-corrected chi connectivity index (χ1v) is 5.79. The summed E-state index contributed by atoms with van der Waals surface area (Å²) in [6.07, 6.45) is -0.315. The van der Waals surface area contributed by atoms with E-state index >= 15 is 0 Å². The maximum Gasteiger partial charge on any atom is 0.123 e. The number of benzene rings is 1. The third kappa shape index (κ3) is 4.34. The van der Waals surface area contributed by atoms with Crippen LogP contribution in [0.2, 0.25) is 0 Å². The van der Waals surface area contributed by atoms with Gasteiger partial charge >= 0.3 is 0 Å². The van der Waals surface area contributed by atoms with E-state index in [1.165, 1.54) is 0 Å². The summed E-state index contributed by atoms with van der Waals surface area (Å²) < 4.78 is 5.29. The molecule has 0 bridgehead atoms. The molecule has 17 heavy (non-hydrogen) atoms. The van der Waals surface area contributed by atoms with Gasteiger partial charge in [-0.2, -0.15) is 0 Å². The predicted molar refractivity (Wildman–Crippen MR) is 68.9 cm³/mol. The van der Waals surface area contributed by atoms with E-state index in [9.17, 15) is 5.11 Å². The second-order valence-electron chi connectivity index (χ2n) is 4.40. The molecule has 0 aliphatic carbocycles. The minimum absolute atomic E-state index is 0.315. The van der Waals surface area contributed by atoms with Crippen LogP contribution in [0.5, 0.6) is 5.75 Å². The van der Waals surface area contributed by atoms with Gasteiger partial charge in [0.15, 0.2) is 0 Å². The van der Waals surface area contributed by atoms with Gasteiger partial charge in [-0.25, -0.2) is 0 Å². The van der Waals surface area contributed by atoms with E-state index < -0.39 is 0 Å². The van der Waals surface area contributed by atoms with Crippen LogP contribution in [-0.4, -0.2) is 36.8 Å². The van der Waals surface area contributed by atoms with Gasteiger partial charge in [-0.1, -0.05) is 12.1 Å². The second kappa shape index (κ2) is 6.59. The van der Waals surface area contributed by atoms with Crippen molar-refractivity contribution in [2.24, 2.45) is 5.73 Å². The molecule has 4 nitrogen and oxygen atoms in total. The highest BCUT2D eigenvalue weighted by Gasteiger charge is 2.07. The Bertz CT molecular complexity index is 353. The van der Waals surface area contributed by atoms with Crippen molar-refractivity contribution >= 4 is 0 Å². The molecule has 0 amide bonds. The van der Waals surface area contributed by atoms with Gasteiger partial charge in [0.05, 0.1) is 13.2 Å². The summed E-state index contributed by atoms with van der Waals surface area (Å²) in [7, 11) is 3.63. The molecule has 0 spiro atoms. The van der Waals surface area contributed by atoms with Crippen LogP contribution >= 0.6 is 0 Å². The van der Waals surface area contributed by atoms with Crippen LogP contribution in [0.1, 0.15) is 18.1 Å². The number of aliphatic hydroxyl groups is 1. The number of rotatable bonds is 6. The zero-order valence-electron chi connectivity index (χ0n) is 10.8. The Labute approximate surface area is 103 Å². The van der Waals surface area contributed by atoms with Crippen molar-refractivity contribution in [2.45, 2.75) is 26.1 Å². The highest BCUT2D eigenvalue weighted by Crippen LogP contribution is 2.20. The lowest BCUT2D eigenvalue weighted by Crippen LogP contribution is -2.26. The van der Waals surface area contributed by atoms with Crippen molar-refractivity contribution < 1.29 is 9.84 Å². The number of hydrogen-bond acceptors (Lipinski definition) is 4. The summed E-state index contributed by atoms with van der Waals surface area (Å²) in [6, 6.07) is 6.04. The minimum Gasteiger partial charge on any atom is -0.496 e. The molecule has 0 aliphatic rings. The summed E-state index contributed by atoms with van der Waals surface area (Å²) in [6.45, 7) is 3.70. The Morgan fingerprint density at radius 1 is 1.47 bits per heavy atom. The van der Waals surface area contributed by atoms with Crippen LogP contribution < -0.4 is 10.5 Å². The zero-order valence-corrected chi connectivity index (χ0v) is 10.8. The fourth-order valence-electron chi connectivity index (χ4n) is 1.88.